The summed E-state index contributed by atoms with van der Waals surface area (Å²) in [4.78, 5) is 7.79. The minimum atomic E-state index is 0.308. The molecule has 0 bridgehead atoms. The topological polar surface area (TPSA) is 66.0 Å². The van der Waals surface area contributed by atoms with Gasteiger partial charge in [-0.25, -0.2) is 0 Å². The van der Waals surface area contributed by atoms with Gasteiger partial charge in [-0.1, -0.05) is 0 Å². The van der Waals surface area contributed by atoms with E-state index < -0.39 is 0 Å². The molecule has 1 fully saturated rings. The van der Waals surface area contributed by atoms with Gasteiger partial charge in [-0.3, -0.25) is 15.3 Å². The zero-order chi connectivity index (χ0) is 10.7. The third-order valence-electron chi connectivity index (χ3n) is 2.89. The molecule has 3 N–H and O–H groups in total. The number of thiazole rings is 1. The summed E-state index contributed by atoms with van der Waals surface area (Å²) in [5, 5.41) is 7.40. The van der Waals surface area contributed by atoms with E-state index in [1.165, 1.54) is 4.88 Å². The van der Waals surface area contributed by atoms with Crippen LogP contribution in [0.5, 0.6) is 0 Å². The molecule has 5 heteroatoms. The molecule has 0 spiro atoms. The van der Waals surface area contributed by atoms with Gasteiger partial charge in [0.05, 0.1) is 11.3 Å². The molecule has 0 amide bonds. The van der Waals surface area contributed by atoms with Crippen LogP contribution in [0, 0.1) is 11.3 Å². The Balaban J connectivity index is 1.81. The Bertz CT molecular complexity index is 314. The van der Waals surface area contributed by atoms with Gasteiger partial charge in [0, 0.05) is 23.5 Å². The second kappa shape index (κ2) is 4.72. The molecule has 15 heavy (non-hydrogen) atoms. The van der Waals surface area contributed by atoms with Gasteiger partial charge in [-0.2, -0.15) is 0 Å². The summed E-state index contributed by atoms with van der Waals surface area (Å²) in [6.07, 6.45) is 3.98. The van der Waals surface area contributed by atoms with Crippen molar-refractivity contribution in [1.29, 1.82) is 5.41 Å². The Morgan fingerprint density at radius 3 is 2.87 bits per heavy atom. The molecule has 1 aromatic heterocycles. The third-order valence-corrected chi connectivity index (χ3v) is 3.65. The van der Waals surface area contributed by atoms with Crippen molar-refractivity contribution in [2.75, 3.05) is 13.1 Å². The highest BCUT2D eigenvalue weighted by Crippen LogP contribution is 2.19. The van der Waals surface area contributed by atoms with E-state index in [9.17, 15) is 0 Å². The van der Waals surface area contributed by atoms with Gasteiger partial charge >= 0.3 is 0 Å². The lowest BCUT2D eigenvalue weighted by atomic mass is 9.96. The molecule has 4 nitrogen and oxygen atoms in total. The van der Waals surface area contributed by atoms with E-state index in [-0.39, 0.29) is 0 Å². The Hall–Kier alpha value is -0.940. The van der Waals surface area contributed by atoms with Crippen LogP contribution in [0.15, 0.2) is 11.7 Å². The fourth-order valence-corrected chi connectivity index (χ4v) is 2.58. The number of amidine groups is 1. The predicted octanol–water partition coefficient (Wildman–Crippen LogP) is 1.29. The number of nitrogens with zero attached hydrogens (tertiary/aromatic N) is 2. The molecule has 0 radical (unpaired) electrons. The molecule has 2 heterocycles. The maximum absolute atomic E-state index is 7.40. The van der Waals surface area contributed by atoms with Gasteiger partial charge in [0.15, 0.2) is 0 Å². The molecule has 0 aliphatic carbocycles. The fraction of sp³-hybridized carbons (Fsp3) is 0.600. The molecule has 0 atom stereocenters. The maximum atomic E-state index is 7.40. The lowest BCUT2D eigenvalue weighted by molar-refractivity contribution is 0.202. The summed E-state index contributed by atoms with van der Waals surface area (Å²) in [5.41, 5.74) is 7.38. The Morgan fingerprint density at radius 2 is 2.33 bits per heavy atom. The summed E-state index contributed by atoms with van der Waals surface area (Å²) in [7, 11) is 0. The van der Waals surface area contributed by atoms with Crippen LogP contribution in [0.3, 0.4) is 0 Å². The molecule has 1 aliphatic rings. The number of aromatic nitrogens is 1. The van der Waals surface area contributed by atoms with Crippen LogP contribution in [-0.2, 0) is 6.54 Å². The van der Waals surface area contributed by atoms with E-state index in [1.807, 2.05) is 11.7 Å². The van der Waals surface area contributed by atoms with Crippen molar-refractivity contribution in [1.82, 2.24) is 9.88 Å². The third kappa shape index (κ3) is 2.76. The van der Waals surface area contributed by atoms with Crippen molar-refractivity contribution in [3.05, 3.63) is 16.6 Å². The highest BCUT2D eigenvalue weighted by atomic mass is 32.1. The van der Waals surface area contributed by atoms with E-state index in [4.69, 9.17) is 11.1 Å². The summed E-state index contributed by atoms with van der Waals surface area (Å²) < 4.78 is 0. The monoisotopic (exact) mass is 224 g/mol. The van der Waals surface area contributed by atoms with Gasteiger partial charge in [0.1, 0.15) is 0 Å². The number of hydrogen-bond acceptors (Lipinski definition) is 4. The number of nitrogens with one attached hydrogen (secondary N) is 1. The smallest absolute Gasteiger partial charge is 0.0937 e. The van der Waals surface area contributed by atoms with Crippen LogP contribution in [0.4, 0.5) is 0 Å². The summed E-state index contributed by atoms with van der Waals surface area (Å²) >= 11 is 1.70. The standard InChI is InChI=1S/C10H16N4S/c11-10(12)8-1-3-14(4-2-8)6-9-5-13-7-15-9/h5,7-8H,1-4,6H2,(H3,11,12). The maximum Gasteiger partial charge on any atom is 0.0937 e. The quantitative estimate of drug-likeness (QED) is 0.600. The molecule has 0 aromatic carbocycles. The van der Waals surface area contributed by atoms with E-state index in [0.717, 1.165) is 32.5 Å². The SMILES string of the molecule is N=C(N)C1CCN(Cc2cncs2)CC1. The molecule has 0 saturated carbocycles. The number of hydrogen-bond donors (Lipinski definition) is 2. The normalized spacial score (nSPS) is 19.2. The molecule has 0 unspecified atom stereocenters. The Morgan fingerprint density at radius 1 is 1.60 bits per heavy atom. The van der Waals surface area contributed by atoms with E-state index in [1.54, 1.807) is 11.3 Å². The first kappa shape index (κ1) is 10.6. The fourth-order valence-electron chi connectivity index (χ4n) is 1.94. The van der Waals surface area contributed by atoms with Gasteiger partial charge in [-0.05, 0) is 25.9 Å². The average molecular weight is 224 g/mol. The van der Waals surface area contributed by atoms with Crippen LogP contribution >= 0.6 is 11.3 Å². The molecular formula is C10H16N4S. The first-order chi connectivity index (χ1) is 7.25. The molecule has 1 aliphatic heterocycles. The summed E-state index contributed by atoms with van der Waals surface area (Å²) in [6, 6.07) is 0. The number of nitrogens with two attached hydrogens (primary N) is 1. The zero-order valence-electron chi connectivity index (χ0n) is 8.65. The molecule has 2 rings (SSSR count). The number of likely N-dealkylation sites (tertiary alicyclic amines) is 1. The second-order valence-corrected chi connectivity index (χ2v) is 4.94. The van der Waals surface area contributed by atoms with E-state index in [2.05, 4.69) is 9.88 Å². The van der Waals surface area contributed by atoms with Gasteiger partial charge in [0.2, 0.25) is 0 Å². The van der Waals surface area contributed by atoms with Crippen molar-refractivity contribution >= 4 is 17.2 Å². The molecular weight excluding hydrogens is 208 g/mol. The lowest BCUT2D eigenvalue weighted by Gasteiger charge is -2.30. The van der Waals surface area contributed by atoms with Crippen LogP contribution in [0.2, 0.25) is 0 Å². The van der Waals surface area contributed by atoms with Gasteiger partial charge < -0.3 is 5.73 Å². The highest BCUT2D eigenvalue weighted by molar-refractivity contribution is 7.09. The predicted molar refractivity (Wildman–Crippen MR) is 62.0 cm³/mol. The van der Waals surface area contributed by atoms with Crippen LogP contribution in [0.1, 0.15) is 17.7 Å². The van der Waals surface area contributed by atoms with Crippen LogP contribution < -0.4 is 5.73 Å². The van der Waals surface area contributed by atoms with Gasteiger partial charge in [0.25, 0.3) is 0 Å². The Kier molecular flexibility index (Phi) is 3.33. The van der Waals surface area contributed by atoms with Crippen molar-refractivity contribution in [3.8, 4) is 0 Å². The zero-order valence-corrected chi connectivity index (χ0v) is 9.46. The van der Waals surface area contributed by atoms with E-state index in [0.29, 0.717) is 11.8 Å². The molecule has 1 aromatic rings. The van der Waals surface area contributed by atoms with Crippen molar-refractivity contribution in [3.63, 3.8) is 0 Å². The molecule has 82 valence electrons. The average Bonchev–Trinajstić information content (AvgIpc) is 2.71. The highest BCUT2D eigenvalue weighted by Gasteiger charge is 2.21. The first-order valence-electron chi connectivity index (χ1n) is 5.19. The van der Waals surface area contributed by atoms with Crippen molar-refractivity contribution in [2.24, 2.45) is 11.7 Å². The minimum absolute atomic E-state index is 0.308. The number of rotatable bonds is 3. The Labute approximate surface area is 93.6 Å². The van der Waals surface area contributed by atoms with Crippen LogP contribution in [-0.4, -0.2) is 28.8 Å². The molecule has 1 saturated heterocycles. The first-order valence-corrected chi connectivity index (χ1v) is 6.07. The van der Waals surface area contributed by atoms with Crippen molar-refractivity contribution in [2.45, 2.75) is 19.4 Å². The number of piperidine rings is 1. The second-order valence-electron chi connectivity index (χ2n) is 3.97. The summed E-state index contributed by atoms with van der Waals surface area (Å²) in [6.45, 7) is 3.08. The van der Waals surface area contributed by atoms with Crippen LogP contribution in [0.25, 0.3) is 0 Å². The van der Waals surface area contributed by atoms with Gasteiger partial charge in [-0.15, -0.1) is 11.3 Å². The largest absolute Gasteiger partial charge is 0.387 e. The lowest BCUT2D eigenvalue weighted by Crippen LogP contribution is -2.37. The minimum Gasteiger partial charge on any atom is -0.387 e. The van der Waals surface area contributed by atoms with E-state index >= 15 is 0 Å². The summed E-state index contributed by atoms with van der Waals surface area (Å²) in [5.74, 6) is 0.662. The van der Waals surface area contributed by atoms with Crippen molar-refractivity contribution < 1.29 is 0 Å².